The van der Waals surface area contributed by atoms with Crippen LogP contribution in [0.4, 0.5) is 0 Å². The SMILES string of the molecule is COc1cccc(-c2nc(CSc3nc4c(=O)[nH]cnc4n3-c3ccccc3)c(C)o2)c1OC. The van der Waals surface area contributed by atoms with E-state index in [4.69, 9.17) is 18.9 Å². The number of aromatic amines is 1. The molecule has 0 amide bonds. The van der Waals surface area contributed by atoms with Gasteiger partial charge in [-0.3, -0.25) is 9.36 Å². The number of hydrogen-bond acceptors (Lipinski definition) is 8. The van der Waals surface area contributed by atoms with Crippen LogP contribution in [0, 0.1) is 6.92 Å². The molecule has 0 saturated carbocycles. The van der Waals surface area contributed by atoms with E-state index in [1.54, 1.807) is 14.2 Å². The minimum absolute atomic E-state index is 0.285. The summed E-state index contributed by atoms with van der Waals surface area (Å²) in [6.45, 7) is 1.87. The van der Waals surface area contributed by atoms with Gasteiger partial charge in [-0.1, -0.05) is 36.0 Å². The molecule has 0 aliphatic carbocycles. The van der Waals surface area contributed by atoms with E-state index in [0.29, 0.717) is 45.3 Å². The van der Waals surface area contributed by atoms with Crippen LogP contribution in [0.5, 0.6) is 11.5 Å². The number of thioether (sulfide) groups is 1. The van der Waals surface area contributed by atoms with Crippen LogP contribution in [0.15, 0.2) is 69.2 Å². The van der Waals surface area contributed by atoms with E-state index < -0.39 is 0 Å². The highest BCUT2D eigenvalue weighted by Gasteiger charge is 2.20. The third kappa shape index (κ3) is 3.81. The summed E-state index contributed by atoms with van der Waals surface area (Å²) in [6.07, 6.45) is 1.38. The Morgan fingerprint density at radius 3 is 2.65 bits per heavy atom. The number of methoxy groups -OCH3 is 2. The number of nitrogens with one attached hydrogen (secondary N) is 1. The van der Waals surface area contributed by atoms with E-state index >= 15 is 0 Å². The Kier molecular flexibility index (Phi) is 5.81. The lowest BCUT2D eigenvalue weighted by molar-refractivity contribution is 0.355. The number of aromatic nitrogens is 5. The van der Waals surface area contributed by atoms with Crippen molar-refractivity contribution in [2.45, 2.75) is 17.8 Å². The molecule has 0 saturated heterocycles. The van der Waals surface area contributed by atoms with Crippen molar-refractivity contribution in [1.82, 2.24) is 24.5 Å². The normalized spacial score (nSPS) is 11.1. The highest BCUT2D eigenvalue weighted by atomic mass is 32.2. The summed E-state index contributed by atoms with van der Waals surface area (Å²) in [4.78, 5) is 28.6. The van der Waals surface area contributed by atoms with Crippen molar-refractivity contribution >= 4 is 22.9 Å². The summed E-state index contributed by atoms with van der Waals surface area (Å²) in [6, 6.07) is 15.2. The smallest absolute Gasteiger partial charge is 0.278 e. The van der Waals surface area contributed by atoms with Crippen molar-refractivity contribution in [3.8, 4) is 28.6 Å². The van der Waals surface area contributed by atoms with Gasteiger partial charge >= 0.3 is 0 Å². The minimum Gasteiger partial charge on any atom is -0.493 e. The predicted molar refractivity (Wildman–Crippen MR) is 129 cm³/mol. The quantitative estimate of drug-likeness (QED) is 0.346. The van der Waals surface area contributed by atoms with Gasteiger partial charge in [0.05, 0.1) is 31.8 Å². The van der Waals surface area contributed by atoms with Crippen LogP contribution in [0.1, 0.15) is 11.5 Å². The Hall–Kier alpha value is -4.05. The highest BCUT2D eigenvalue weighted by Crippen LogP contribution is 2.38. The van der Waals surface area contributed by atoms with Crippen molar-refractivity contribution in [3.05, 3.63) is 76.7 Å². The van der Waals surface area contributed by atoms with Gasteiger partial charge in [-0.05, 0) is 31.2 Å². The second-order valence-corrected chi connectivity index (χ2v) is 8.26. The van der Waals surface area contributed by atoms with E-state index in [-0.39, 0.29) is 11.1 Å². The lowest BCUT2D eigenvalue weighted by Crippen LogP contribution is -2.07. The fraction of sp³-hybridized carbons (Fsp3) is 0.167. The maximum atomic E-state index is 12.3. The van der Waals surface area contributed by atoms with Gasteiger partial charge in [0.1, 0.15) is 5.76 Å². The Morgan fingerprint density at radius 2 is 1.88 bits per heavy atom. The zero-order valence-corrected chi connectivity index (χ0v) is 19.5. The van der Waals surface area contributed by atoms with Crippen LogP contribution < -0.4 is 15.0 Å². The number of benzene rings is 2. The summed E-state index contributed by atoms with van der Waals surface area (Å²) >= 11 is 1.45. The molecule has 3 heterocycles. The molecule has 3 aromatic heterocycles. The first-order valence-electron chi connectivity index (χ1n) is 10.4. The zero-order valence-electron chi connectivity index (χ0n) is 18.7. The zero-order chi connectivity index (χ0) is 23.7. The molecule has 1 N–H and O–H groups in total. The van der Waals surface area contributed by atoms with Gasteiger partial charge in [0.25, 0.3) is 5.56 Å². The number of H-pyrrole nitrogens is 1. The average molecular weight is 476 g/mol. The molecule has 2 aromatic carbocycles. The number of oxazole rings is 1. The first kappa shape index (κ1) is 21.8. The van der Waals surface area contributed by atoms with E-state index in [1.807, 2.05) is 60.0 Å². The number of para-hydroxylation sites is 2. The number of imidazole rings is 1. The Labute approximate surface area is 198 Å². The van der Waals surface area contributed by atoms with E-state index in [2.05, 4.69) is 15.0 Å². The third-order valence-corrected chi connectivity index (χ3v) is 6.25. The summed E-state index contributed by atoms with van der Waals surface area (Å²) in [5, 5.41) is 0.633. The van der Waals surface area contributed by atoms with Gasteiger partial charge in [-0.15, -0.1) is 0 Å². The summed E-state index contributed by atoms with van der Waals surface area (Å²) in [5.41, 5.74) is 2.83. The second kappa shape index (κ2) is 9.06. The molecule has 10 heteroatoms. The third-order valence-electron chi connectivity index (χ3n) is 5.30. The van der Waals surface area contributed by atoms with Crippen LogP contribution in [-0.2, 0) is 5.75 Å². The molecular formula is C24H21N5O4S. The molecule has 172 valence electrons. The summed E-state index contributed by atoms with van der Waals surface area (Å²) in [5.74, 6) is 2.77. The highest BCUT2D eigenvalue weighted by molar-refractivity contribution is 7.98. The Bertz CT molecular complexity index is 1520. The van der Waals surface area contributed by atoms with Crippen molar-refractivity contribution in [3.63, 3.8) is 0 Å². The maximum absolute atomic E-state index is 12.3. The molecule has 5 rings (SSSR count). The van der Waals surface area contributed by atoms with Crippen LogP contribution in [0.25, 0.3) is 28.3 Å². The molecule has 0 unspecified atom stereocenters. The molecule has 0 aliphatic rings. The van der Waals surface area contributed by atoms with Gasteiger partial charge in [-0.2, -0.15) is 0 Å². The minimum atomic E-state index is -0.286. The van der Waals surface area contributed by atoms with E-state index in [9.17, 15) is 4.79 Å². The molecule has 5 aromatic rings. The molecule has 0 aliphatic heterocycles. The van der Waals surface area contributed by atoms with Crippen molar-refractivity contribution in [2.24, 2.45) is 0 Å². The molecule has 9 nitrogen and oxygen atoms in total. The van der Waals surface area contributed by atoms with Crippen LogP contribution in [0.2, 0.25) is 0 Å². The van der Waals surface area contributed by atoms with Crippen molar-refractivity contribution in [1.29, 1.82) is 0 Å². The Balaban J connectivity index is 1.51. The molecule has 0 atom stereocenters. The molecule has 0 fully saturated rings. The van der Waals surface area contributed by atoms with Gasteiger partial charge in [0, 0.05) is 11.4 Å². The molecular weight excluding hydrogens is 454 g/mol. The second-order valence-electron chi connectivity index (χ2n) is 7.32. The standard InChI is InChI=1S/C24H21N5O4S/c1-14-17(27-23(33-14)16-10-7-11-18(31-2)20(16)32-3)12-34-24-28-19-21(25-13-26-22(19)30)29(24)15-8-5-4-6-9-15/h4-11,13H,12H2,1-3H3,(H,25,26,30). The van der Waals surface area contributed by atoms with Crippen molar-refractivity contribution < 1.29 is 13.9 Å². The molecule has 0 bridgehead atoms. The number of hydrogen-bond donors (Lipinski definition) is 1. The molecule has 0 spiro atoms. The first-order chi connectivity index (χ1) is 16.6. The monoisotopic (exact) mass is 475 g/mol. The van der Waals surface area contributed by atoms with E-state index in [0.717, 1.165) is 11.4 Å². The van der Waals surface area contributed by atoms with Crippen LogP contribution >= 0.6 is 11.8 Å². The largest absolute Gasteiger partial charge is 0.493 e. The molecule has 34 heavy (non-hydrogen) atoms. The summed E-state index contributed by atoms with van der Waals surface area (Å²) in [7, 11) is 3.17. The predicted octanol–water partition coefficient (Wildman–Crippen LogP) is 4.38. The lowest BCUT2D eigenvalue weighted by Gasteiger charge is -2.10. The van der Waals surface area contributed by atoms with Crippen LogP contribution in [0.3, 0.4) is 0 Å². The fourth-order valence-corrected chi connectivity index (χ4v) is 4.67. The number of rotatable bonds is 7. The van der Waals surface area contributed by atoms with Gasteiger partial charge in [-0.25, -0.2) is 15.0 Å². The Morgan fingerprint density at radius 1 is 1.06 bits per heavy atom. The topological polar surface area (TPSA) is 108 Å². The van der Waals surface area contributed by atoms with Gasteiger partial charge < -0.3 is 18.9 Å². The lowest BCUT2D eigenvalue weighted by atomic mass is 10.2. The van der Waals surface area contributed by atoms with E-state index in [1.165, 1.54) is 18.1 Å². The number of aryl methyl sites for hydroxylation is 1. The fourth-order valence-electron chi connectivity index (χ4n) is 3.66. The van der Waals surface area contributed by atoms with Gasteiger partial charge in [0.15, 0.2) is 27.8 Å². The number of fused-ring (bicyclic) bond motifs is 1. The number of nitrogens with zero attached hydrogens (tertiary/aromatic N) is 4. The van der Waals surface area contributed by atoms with Gasteiger partial charge in [0.2, 0.25) is 5.89 Å². The number of ether oxygens (including phenoxy) is 2. The molecule has 0 radical (unpaired) electrons. The van der Waals surface area contributed by atoms with Crippen LogP contribution in [-0.4, -0.2) is 38.7 Å². The first-order valence-corrected chi connectivity index (χ1v) is 11.4. The van der Waals surface area contributed by atoms with Crippen molar-refractivity contribution in [2.75, 3.05) is 14.2 Å². The summed E-state index contributed by atoms with van der Waals surface area (Å²) < 4.78 is 18.8. The maximum Gasteiger partial charge on any atom is 0.278 e. The average Bonchev–Trinajstić information content (AvgIpc) is 3.43.